The van der Waals surface area contributed by atoms with Crippen molar-refractivity contribution in [1.29, 1.82) is 0 Å². The number of carbonyl (C=O) groups excluding carboxylic acids is 1. The molecule has 0 atom stereocenters. The smallest absolute Gasteiger partial charge is 0.225 e. The lowest BCUT2D eigenvalue weighted by molar-refractivity contribution is -0.116. The van der Waals surface area contributed by atoms with Gasteiger partial charge >= 0.3 is 0 Å². The number of carbonyl (C=O) groups is 1. The summed E-state index contributed by atoms with van der Waals surface area (Å²) in [6.07, 6.45) is 8.00. The number of hydrogen-bond donors (Lipinski definition) is 2. The van der Waals surface area contributed by atoms with Gasteiger partial charge in [-0.25, -0.2) is 4.98 Å². The maximum atomic E-state index is 12.0. The molecule has 1 aromatic heterocycles. The van der Waals surface area contributed by atoms with Gasteiger partial charge in [0, 0.05) is 6.42 Å². The maximum Gasteiger partial charge on any atom is 0.225 e. The maximum absolute atomic E-state index is 12.0. The third-order valence-corrected chi connectivity index (χ3v) is 3.82. The van der Waals surface area contributed by atoms with Gasteiger partial charge in [-0.05, 0) is 30.4 Å². The van der Waals surface area contributed by atoms with E-state index < -0.39 is 0 Å². The Morgan fingerprint density at radius 2 is 2.14 bits per heavy atom. The van der Waals surface area contributed by atoms with Gasteiger partial charge in [0.05, 0.1) is 0 Å². The van der Waals surface area contributed by atoms with E-state index in [4.69, 9.17) is 5.11 Å². The highest BCUT2D eigenvalue weighted by Gasteiger charge is 2.15. The molecule has 2 N–H and O–H groups in total. The average Bonchev–Trinajstić information content (AvgIpc) is 2.52. The zero-order valence-corrected chi connectivity index (χ0v) is 12.3. The summed E-state index contributed by atoms with van der Waals surface area (Å²) in [5, 5.41) is 11.5. The quantitative estimate of drug-likeness (QED) is 0.837. The predicted octanol–water partition coefficient (Wildman–Crippen LogP) is 2.72. The molecular formula is C17H22N2O2. The Labute approximate surface area is 126 Å². The lowest BCUT2D eigenvalue weighted by atomic mass is 9.86. The second-order valence-corrected chi connectivity index (χ2v) is 5.46. The molecule has 4 nitrogen and oxygen atoms in total. The zero-order valence-electron chi connectivity index (χ0n) is 12.3. The minimum Gasteiger partial charge on any atom is -0.384 e. The van der Waals surface area contributed by atoms with Crippen LogP contribution in [0.15, 0.2) is 18.2 Å². The Morgan fingerprint density at radius 3 is 2.90 bits per heavy atom. The molecule has 1 amide bonds. The molecule has 1 saturated carbocycles. The lowest BCUT2D eigenvalue weighted by Crippen LogP contribution is -2.15. The lowest BCUT2D eigenvalue weighted by Gasteiger charge is -2.20. The van der Waals surface area contributed by atoms with E-state index in [1.54, 1.807) is 18.2 Å². The zero-order chi connectivity index (χ0) is 14.9. The van der Waals surface area contributed by atoms with Crippen molar-refractivity contribution in [2.24, 2.45) is 5.92 Å². The SMILES string of the molecule is O=C(CCC1CCCCC1)Nc1cccc(C#CCO)n1. The van der Waals surface area contributed by atoms with Crippen LogP contribution in [-0.2, 0) is 4.79 Å². The van der Waals surface area contributed by atoms with Crippen LogP contribution in [0.25, 0.3) is 0 Å². The standard InChI is InChI=1S/C17H22N2O2/c20-13-5-9-15-8-4-10-16(18-15)19-17(21)12-11-14-6-2-1-3-7-14/h4,8,10,14,20H,1-3,6-7,11-13H2,(H,18,19,21). The predicted molar refractivity (Wildman–Crippen MR) is 82.6 cm³/mol. The van der Waals surface area contributed by atoms with E-state index in [1.165, 1.54) is 32.1 Å². The number of aliphatic hydroxyl groups excluding tert-OH is 1. The van der Waals surface area contributed by atoms with Gasteiger partial charge in [-0.3, -0.25) is 4.79 Å². The molecule has 1 aromatic rings. The first-order valence-corrected chi connectivity index (χ1v) is 7.64. The van der Waals surface area contributed by atoms with Crippen LogP contribution in [0.3, 0.4) is 0 Å². The Morgan fingerprint density at radius 1 is 1.33 bits per heavy atom. The molecule has 112 valence electrons. The fourth-order valence-electron chi connectivity index (χ4n) is 2.72. The van der Waals surface area contributed by atoms with E-state index in [1.807, 2.05) is 0 Å². The number of pyridine rings is 1. The molecule has 2 rings (SSSR count). The van der Waals surface area contributed by atoms with Gasteiger partial charge in [-0.15, -0.1) is 0 Å². The van der Waals surface area contributed by atoms with Gasteiger partial charge in [0.25, 0.3) is 0 Å². The van der Waals surface area contributed by atoms with E-state index in [0.717, 1.165) is 6.42 Å². The van der Waals surface area contributed by atoms with E-state index in [9.17, 15) is 4.79 Å². The number of nitrogens with zero attached hydrogens (tertiary/aromatic N) is 1. The molecule has 0 unspecified atom stereocenters. The van der Waals surface area contributed by atoms with Gasteiger partial charge in [0.2, 0.25) is 5.91 Å². The van der Waals surface area contributed by atoms with Crippen LogP contribution in [0.5, 0.6) is 0 Å². The fourth-order valence-corrected chi connectivity index (χ4v) is 2.72. The van der Waals surface area contributed by atoms with Crippen molar-refractivity contribution in [2.45, 2.75) is 44.9 Å². The number of aromatic nitrogens is 1. The minimum atomic E-state index is -0.195. The van der Waals surface area contributed by atoms with Crippen LogP contribution in [0.4, 0.5) is 5.82 Å². The number of amides is 1. The summed E-state index contributed by atoms with van der Waals surface area (Å²) in [6.45, 7) is -0.195. The first kappa shape index (κ1) is 15.5. The average molecular weight is 286 g/mol. The Kier molecular flexibility index (Phi) is 6.23. The second kappa shape index (κ2) is 8.43. The summed E-state index contributed by atoms with van der Waals surface area (Å²) in [5.74, 6) is 6.52. The Hall–Kier alpha value is -1.86. The van der Waals surface area contributed by atoms with Crippen molar-refractivity contribution < 1.29 is 9.90 Å². The molecule has 4 heteroatoms. The van der Waals surface area contributed by atoms with Crippen LogP contribution in [0.1, 0.15) is 50.6 Å². The van der Waals surface area contributed by atoms with Crippen molar-refractivity contribution in [3.05, 3.63) is 23.9 Å². The summed E-state index contributed by atoms with van der Waals surface area (Å²) in [7, 11) is 0. The molecule has 0 spiro atoms. The van der Waals surface area contributed by atoms with Crippen molar-refractivity contribution in [3.63, 3.8) is 0 Å². The molecule has 0 bridgehead atoms. The molecule has 21 heavy (non-hydrogen) atoms. The molecule has 1 fully saturated rings. The first-order valence-electron chi connectivity index (χ1n) is 7.64. The molecule has 0 radical (unpaired) electrons. The minimum absolute atomic E-state index is 0.0142. The summed E-state index contributed by atoms with van der Waals surface area (Å²) >= 11 is 0. The van der Waals surface area contributed by atoms with Gasteiger partial charge in [-0.1, -0.05) is 44.1 Å². The molecule has 1 aliphatic rings. The van der Waals surface area contributed by atoms with Crippen LogP contribution in [-0.4, -0.2) is 22.6 Å². The highest BCUT2D eigenvalue weighted by Crippen LogP contribution is 2.27. The van der Waals surface area contributed by atoms with E-state index in [0.29, 0.717) is 23.9 Å². The van der Waals surface area contributed by atoms with Gasteiger partial charge in [0.15, 0.2) is 0 Å². The Balaban J connectivity index is 1.81. The van der Waals surface area contributed by atoms with Gasteiger partial charge in [0.1, 0.15) is 18.1 Å². The number of aliphatic hydroxyl groups is 1. The summed E-state index contributed by atoms with van der Waals surface area (Å²) in [4.78, 5) is 16.2. The number of rotatable bonds is 4. The second-order valence-electron chi connectivity index (χ2n) is 5.46. The molecule has 0 aliphatic heterocycles. The molecule has 0 aromatic carbocycles. The summed E-state index contributed by atoms with van der Waals surface area (Å²) in [5.41, 5.74) is 0.550. The van der Waals surface area contributed by atoms with Crippen molar-refractivity contribution in [1.82, 2.24) is 4.98 Å². The van der Waals surface area contributed by atoms with Crippen LogP contribution >= 0.6 is 0 Å². The van der Waals surface area contributed by atoms with Crippen molar-refractivity contribution in [2.75, 3.05) is 11.9 Å². The van der Waals surface area contributed by atoms with Crippen LogP contribution in [0, 0.1) is 17.8 Å². The first-order chi connectivity index (χ1) is 10.3. The topological polar surface area (TPSA) is 62.2 Å². The molecule has 1 heterocycles. The van der Waals surface area contributed by atoms with E-state index >= 15 is 0 Å². The van der Waals surface area contributed by atoms with Crippen LogP contribution in [0.2, 0.25) is 0 Å². The summed E-state index contributed by atoms with van der Waals surface area (Å²) < 4.78 is 0. The van der Waals surface area contributed by atoms with Gasteiger partial charge < -0.3 is 10.4 Å². The largest absolute Gasteiger partial charge is 0.384 e. The van der Waals surface area contributed by atoms with E-state index in [-0.39, 0.29) is 12.5 Å². The summed E-state index contributed by atoms with van der Waals surface area (Å²) in [6, 6.07) is 5.30. The molecular weight excluding hydrogens is 264 g/mol. The number of hydrogen-bond acceptors (Lipinski definition) is 3. The van der Waals surface area contributed by atoms with Gasteiger partial charge in [-0.2, -0.15) is 0 Å². The third kappa shape index (κ3) is 5.57. The Bertz CT molecular complexity index is 525. The van der Waals surface area contributed by atoms with Crippen LogP contribution < -0.4 is 5.32 Å². The number of nitrogens with one attached hydrogen (secondary N) is 1. The third-order valence-electron chi connectivity index (χ3n) is 3.82. The van der Waals surface area contributed by atoms with E-state index in [2.05, 4.69) is 22.1 Å². The van der Waals surface area contributed by atoms with Crippen molar-refractivity contribution in [3.8, 4) is 11.8 Å². The highest BCUT2D eigenvalue weighted by atomic mass is 16.2. The van der Waals surface area contributed by atoms with Crippen molar-refractivity contribution >= 4 is 11.7 Å². The highest BCUT2D eigenvalue weighted by molar-refractivity contribution is 5.89. The normalized spacial score (nSPS) is 15.1. The fraction of sp³-hybridized carbons (Fsp3) is 0.529. The molecule has 0 saturated heterocycles. The monoisotopic (exact) mass is 286 g/mol. The molecule has 1 aliphatic carbocycles. The number of anilines is 1.